The van der Waals surface area contributed by atoms with Gasteiger partial charge in [0.15, 0.2) is 0 Å². The molecule has 0 radical (unpaired) electrons. The van der Waals surface area contributed by atoms with Crippen LogP contribution in [0, 0.1) is 5.41 Å². The summed E-state index contributed by atoms with van der Waals surface area (Å²) >= 11 is 0. The average molecular weight is 288 g/mol. The third-order valence-electron chi connectivity index (χ3n) is 4.48. The van der Waals surface area contributed by atoms with Gasteiger partial charge < -0.3 is 14.8 Å². The SMILES string of the molecule is CCc1nc2ccc(C(=O)O)cc2n1CC1(CCO)CC1. The number of carbonyl (C=O) groups is 1. The molecule has 0 spiro atoms. The summed E-state index contributed by atoms with van der Waals surface area (Å²) in [7, 11) is 0. The van der Waals surface area contributed by atoms with E-state index in [4.69, 9.17) is 5.11 Å². The number of nitrogens with zero attached hydrogens (tertiary/aromatic N) is 2. The van der Waals surface area contributed by atoms with E-state index in [-0.39, 0.29) is 12.0 Å². The molecule has 0 aliphatic heterocycles. The van der Waals surface area contributed by atoms with Gasteiger partial charge in [-0.3, -0.25) is 0 Å². The van der Waals surface area contributed by atoms with Crippen LogP contribution in [0.4, 0.5) is 0 Å². The molecule has 2 aromatic rings. The number of carboxylic acid groups (broad SMARTS) is 1. The molecule has 0 amide bonds. The van der Waals surface area contributed by atoms with Gasteiger partial charge in [0, 0.05) is 19.6 Å². The maximum Gasteiger partial charge on any atom is 0.335 e. The lowest BCUT2D eigenvalue weighted by Crippen LogP contribution is -2.15. The lowest BCUT2D eigenvalue weighted by molar-refractivity contribution is 0.0697. The Labute approximate surface area is 123 Å². The quantitative estimate of drug-likeness (QED) is 0.856. The van der Waals surface area contributed by atoms with Crippen LogP contribution in [0.2, 0.25) is 0 Å². The molecule has 1 fully saturated rings. The van der Waals surface area contributed by atoms with Crippen LogP contribution in [-0.2, 0) is 13.0 Å². The van der Waals surface area contributed by atoms with Crippen LogP contribution in [0.5, 0.6) is 0 Å². The largest absolute Gasteiger partial charge is 0.478 e. The fourth-order valence-corrected chi connectivity index (χ4v) is 2.99. The van der Waals surface area contributed by atoms with Gasteiger partial charge in [-0.2, -0.15) is 0 Å². The van der Waals surface area contributed by atoms with Crippen LogP contribution >= 0.6 is 0 Å². The molecule has 112 valence electrons. The lowest BCUT2D eigenvalue weighted by Gasteiger charge is -2.17. The zero-order valence-electron chi connectivity index (χ0n) is 12.2. The number of fused-ring (bicyclic) bond motifs is 1. The zero-order valence-corrected chi connectivity index (χ0v) is 12.2. The fourth-order valence-electron chi connectivity index (χ4n) is 2.99. The number of carboxylic acids is 1. The van der Waals surface area contributed by atoms with Gasteiger partial charge in [-0.15, -0.1) is 0 Å². The van der Waals surface area contributed by atoms with Crippen molar-refractivity contribution >= 4 is 17.0 Å². The van der Waals surface area contributed by atoms with Crippen molar-refractivity contribution in [3.63, 3.8) is 0 Å². The molecule has 5 nitrogen and oxygen atoms in total. The molecular weight excluding hydrogens is 268 g/mol. The Hall–Kier alpha value is -1.88. The summed E-state index contributed by atoms with van der Waals surface area (Å²) in [5.41, 5.74) is 2.19. The van der Waals surface area contributed by atoms with E-state index in [9.17, 15) is 9.90 Å². The van der Waals surface area contributed by atoms with E-state index in [1.165, 1.54) is 0 Å². The summed E-state index contributed by atoms with van der Waals surface area (Å²) < 4.78 is 2.14. The second-order valence-electron chi connectivity index (χ2n) is 5.95. The molecule has 0 unspecified atom stereocenters. The molecule has 1 aliphatic rings. The molecule has 0 bridgehead atoms. The average Bonchev–Trinajstić information content (AvgIpc) is 3.13. The van der Waals surface area contributed by atoms with E-state index in [1.807, 2.05) is 0 Å². The molecule has 21 heavy (non-hydrogen) atoms. The summed E-state index contributed by atoms with van der Waals surface area (Å²) in [5.74, 6) is 0.0657. The summed E-state index contributed by atoms with van der Waals surface area (Å²) in [5, 5.41) is 18.4. The van der Waals surface area contributed by atoms with Crippen LogP contribution in [0.3, 0.4) is 0 Å². The van der Waals surface area contributed by atoms with Crippen molar-refractivity contribution in [2.24, 2.45) is 5.41 Å². The molecule has 5 heteroatoms. The Balaban J connectivity index is 2.05. The number of imidazole rings is 1. The first-order valence-electron chi connectivity index (χ1n) is 7.42. The number of aliphatic hydroxyl groups is 1. The number of benzene rings is 1. The number of hydrogen-bond acceptors (Lipinski definition) is 3. The van der Waals surface area contributed by atoms with Crippen LogP contribution in [-0.4, -0.2) is 32.3 Å². The number of aryl methyl sites for hydroxylation is 1. The van der Waals surface area contributed by atoms with Gasteiger partial charge in [-0.25, -0.2) is 9.78 Å². The van der Waals surface area contributed by atoms with E-state index in [2.05, 4.69) is 16.5 Å². The normalized spacial score (nSPS) is 16.3. The van der Waals surface area contributed by atoms with Crippen molar-refractivity contribution in [2.45, 2.75) is 39.2 Å². The van der Waals surface area contributed by atoms with E-state index in [0.717, 1.165) is 49.1 Å². The summed E-state index contributed by atoms with van der Waals surface area (Å²) in [4.78, 5) is 15.8. The highest BCUT2D eigenvalue weighted by Gasteiger charge is 2.42. The zero-order chi connectivity index (χ0) is 15.0. The van der Waals surface area contributed by atoms with Gasteiger partial charge >= 0.3 is 5.97 Å². The molecular formula is C16H20N2O3. The minimum absolute atomic E-state index is 0.172. The molecule has 0 saturated heterocycles. The minimum Gasteiger partial charge on any atom is -0.478 e. The molecule has 1 saturated carbocycles. The van der Waals surface area contributed by atoms with Gasteiger partial charge in [0.25, 0.3) is 0 Å². The van der Waals surface area contributed by atoms with E-state index >= 15 is 0 Å². The number of rotatable bonds is 6. The molecule has 2 N–H and O–H groups in total. The predicted molar refractivity (Wildman–Crippen MR) is 79.4 cm³/mol. The minimum atomic E-state index is -0.917. The third-order valence-corrected chi connectivity index (χ3v) is 4.48. The first-order chi connectivity index (χ1) is 10.1. The summed E-state index contributed by atoms with van der Waals surface area (Å²) in [6.07, 6.45) is 3.85. The predicted octanol–water partition coefficient (Wildman–Crippen LogP) is 2.46. The number of aliphatic hydroxyl groups excluding tert-OH is 1. The smallest absolute Gasteiger partial charge is 0.335 e. The topological polar surface area (TPSA) is 75.3 Å². The third kappa shape index (κ3) is 2.53. The molecule has 1 aromatic heterocycles. The van der Waals surface area contributed by atoms with E-state index in [0.29, 0.717) is 5.56 Å². The van der Waals surface area contributed by atoms with Crippen molar-refractivity contribution in [3.8, 4) is 0 Å². The molecule has 1 heterocycles. The van der Waals surface area contributed by atoms with Crippen molar-refractivity contribution in [2.75, 3.05) is 6.61 Å². The van der Waals surface area contributed by atoms with Gasteiger partial charge in [0.1, 0.15) is 5.82 Å². The van der Waals surface area contributed by atoms with E-state index in [1.54, 1.807) is 18.2 Å². The maximum absolute atomic E-state index is 11.2. The van der Waals surface area contributed by atoms with Gasteiger partial charge in [0.2, 0.25) is 0 Å². The van der Waals surface area contributed by atoms with E-state index < -0.39 is 5.97 Å². The Bertz CT molecular complexity index is 686. The Morgan fingerprint density at radius 3 is 2.76 bits per heavy atom. The molecule has 1 aliphatic carbocycles. The Kier molecular flexibility index (Phi) is 3.45. The highest BCUT2D eigenvalue weighted by atomic mass is 16.4. The van der Waals surface area contributed by atoms with Crippen molar-refractivity contribution < 1.29 is 15.0 Å². The summed E-state index contributed by atoms with van der Waals surface area (Å²) in [6, 6.07) is 5.08. The Morgan fingerprint density at radius 2 is 2.19 bits per heavy atom. The number of aromatic carboxylic acids is 1. The first-order valence-corrected chi connectivity index (χ1v) is 7.42. The summed E-state index contributed by atoms with van der Waals surface area (Å²) in [6.45, 7) is 3.08. The number of aromatic nitrogens is 2. The van der Waals surface area contributed by atoms with Gasteiger partial charge in [0.05, 0.1) is 16.6 Å². The van der Waals surface area contributed by atoms with Crippen molar-refractivity contribution in [3.05, 3.63) is 29.6 Å². The molecule has 0 atom stereocenters. The fraction of sp³-hybridized carbons (Fsp3) is 0.500. The van der Waals surface area contributed by atoms with Crippen LogP contribution in [0.1, 0.15) is 42.4 Å². The highest BCUT2D eigenvalue weighted by molar-refractivity contribution is 5.92. The number of hydrogen-bond donors (Lipinski definition) is 2. The Morgan fingerprint density at radius 1 is 1.43 bits per heavy atom. The van der Waals surface area contributed by atoms with Crippen molar-refractivity contribution in [1.82, 2.24) is 9.55 Å². The van der Waals surface area contributed by atoms with Crippen LogP contribution in [0.15, 0.2) is 18.2 Å². The lowest BCUT2D eigenvalue weighted by atomic mass is 10.0. The van der Waals surface area contributed by atoms with Crippen LogP contribution < -0.4 is 0 Å². The highest BCUT2D eigenvalue weighted by Crippen LogP contribution is 2.50. The second-order valence-corrected chi connectivity index (χ2v) is 5.95. The molecule has 1 aromatic carbocycles. The molecule has 3 rings (SSSR count). The maximum atomic E-state index is 11.2. The monoisotopic (exact) mass is 288 g/mol. The van der Waals surface area contributed by atoms with Gasteiger partial charge in [-0.05, 0) is 42.9 Å². The van der Waals surface area contributed by atoms with Crippen LogP contribution in [0.25, 0.3) is 11.0 Å². The standard InChI is InChI=1S/C16H20N2O3/c1-2-14-17-12-4-3-11(15(20)21)9-13(12)18(14)10-16(5-6-16)7-8-19/h3-4,9,19H,2,5-8,10H2,1H3,(H,20,21). The first kappa shape index (κ1) is 14.1. The van der Waals surface area contributed by atoms with Gasteiger partial charge in [-0.1, -0.05) is 6.92 Å². The van der Waals surface area contributed by atoms with Crippen molar-refractivity contribution in [1.29, 1.82) is 0 Å². The second kappa shape index (κ2) is 5.15.